The van der Waals surface area contributed by atoms with Crippen LogP contribution in [0.3, 0.4) is 0 Å². The Bertz CT molecular complexity index is 2460. The molecule has 0 atom stereocenters. The molecule has 0 unspecified atom stereocenters. The van der Waals surface area contributed by atoms with Gasteiger partial charge in [0, 0.05) is 32.7 Å². The van der Waals surface area contributed by atoms with Crippen molar-refractivity contribution >= 4 is 44.1 Å². The number of hydrogen-bond acceptors (Lipinski definition) is 8. The van der Waals surface area contributed by atoms with E-state index in [0.717, 1.165) is 43.8 Å². The predicted octanol–water partition coefficient (Wildman–Crippen LogP) is 8.94. The molecule has 0 amide bonds. The number of nitrogens with one attached hydrogen (secondary N) is 2. The van der Waals surface area contributed by atoms with Crippen molar-refractivity contribution in [2.45, 2.75) is 27.7 Å². The number of ether oxygens (including phenoxy) is 2. The minimum Gasteiger partial charge on any atom is -0.493 e. The van der Waals surface area contributed by atoms with E-state index in [2.05, 4.69) is 37.7 Å². The highest BCUT2D eigenvalue weighted by atomic mass is 16.5. The van der Waals surface area contributed by atoms with E-state index in [9.17, 15) is 0 Å². The highest BCUT2D eigenvalue weighted by Gasteiger charge is 2.29. The maximum Gasteiger partial charge on any atom is 0.168 e. The van der Waals surface area contributed by atoms with E-state index >= 15 is 0 Å². The van der Waals surface area contributed by atoms with Gasteiger partial charge in [-0.2, -0.15) is 0 Å². The van der Waals surface area contributed by atoms with E-state index in [4.69, 9.17) is 39.4 Å². The van der Waals surface area contributed by atoms with Gasteiger partial charge in [0.2, 0.25) is 0 Å². The second kappa shape index (κ2) is 11.8. The van der Waals surface area contributed by atoms with Gasteiger partial charge >= 0.3 is 0 Å². The molecule has 4 aromatic carbocycles. The fourth-order valence-electron chi connectivity index (χ4n) is 6.46. The van der Waals surface area contributed by atoms with Crippen LogP contribution in [0.15, 0.2) is 84.9 Å². The van der Waals surface area contributed by atoms with Crippen molar-refractivity contribution in [3.05, 3.63) is 84.9 Å². The third-order valence-electron chi connectivity index (χ3n) is 8.77. The number of fused-ring (bicyclic) bond motifs is 20. The second-order valence-electron chi connectivity index (χ2n) is 13.5. The lowest BCUT2D eigenvalue weighted by atomic mass is 10.1. The van der Waals surface area contributed by atoms with Crippen LogP contribution in [0.1, 0.15) is 27.7 Å². The monoisotopic (exact) mass is 658 g/mol. The molecule has 2 aliphatic rings. The smallest absolute Gasteiger partial charge is 0.168 e. The molecule has 246 valence electrons. The number of aromatic nitrogens is 8. The standard InChI is InChI=1S/C40H34N8O2/c1-21(2)19-49-29-17-18-30(50-20-22(3)4)32-31(29)39-46-37-27-15-9-7-13-25(27)35(44-37)42-33-23-11-5-6-12-24(23)34(41-33)43-36-26-14-8-10-16-28(26)38(45-36)47-40(32)48-39/h5-18,21-22H,19-20H2,1-4H3,(H2,41,42,43,44,45,46,47,48). The van der Waals surface area contributed by atoms with Crippen molar-refractivity contribution in [2.24, 2.45) is 11.8 Å². The van der Waals surface area contributed by atoms with Crippen molar-refractivity contribution < 1.29 is 9.47 Å². The van der Waals surface area contributed by atoms with Crippen molar-refractivity contribution in [1.82, 2.24) is 39.9 Å². The van der Waals surface area contributed by atoms with E-state index in [1.807, 2.05) is 84.9 Å². The van der Waals surface area contributed by atoms with E-state index in [-0.39, 0.29) is 0 Å². The Morgan fingerprint density at radius 1 is 0.440 bits per heavy atom. The van der Waals surface area contributed by atoms with Gasteiger partial charge in [-0.05, 0) is 24.0 Å². The largest absolute Gasteiger partial charge is 0.493 e. The second-order valence-corrected chi connectivity index (χ2v) is 13.5. The van der Waals surface area contributed by atoms with Gasteiger partial charge < -0.3 is 19.4 Å². The normalized spacial score (nSPS) is 12.1. The number of benzene rings is 4. The number of aromatic amines is 2. The lowest BCUT2D eigenvalue weighted by Crippen LogP contribution is -2.08. The third-order valence-corrected chi connectivity index (χ3v) is 8.77. The first-order chi connectivity index (χ1) is 24.4. The Hall–Kier alpha value is -6.16. The zero-order valence-corrected chi connectivity index (χ0v) is 28.2. The van der Waals surface area contributed by atoms with Gasteiger partial charge in [-0.25, -0.2) is 29.9 Å². The van der Waals surface area contributed by atoms with E-state index in [1.54, 1.807) is 0 Å². The molecule has 0 radical (unpaired) electrons. The lowest BCUT2D eigenvalue weighted by Gasteiger charge is -2.16. The third kappa shape index (κ3) is 5.03. The summed E-state index contributed by atoms with van der Waals surface area (Å²) in [6.07, 6.45) is 0. The zero-order chi connectivity index (χ0) is 33.9. The average Bonchev–Trinajstić information content (AvgIpc) is 3.86. The van der Waals surface area contributed by atoms with E-state index in [0.29, 0.717) is 82.4 Å². The maximum atomic E-state index is 6.43. The van der Waals surface area contributed by atoms with Crippen LogP contribution >= 0.6 is 0 Å². The molecule has 8 bridgehead atoms. The minimum atomic E-state index is 0.314. The van der Waals surface area contributed by atoms with E-state index in [1.165, 1.54) is 0 Å². The predicted molar refractivity (Wildman–Crippen MR) is 197 cm³/mol. The molecule has 10 nitrogen and oxygen atoms in total. The molecule has 0 saturated heterocycles. The van der Waals surface area contributed by atoms with Crippen LogP contribution in [0.2, 0.25) is 0 Å². The fraction of sp³-hybridized carbons (Fsp3) is 0.200. The molecule has 2 aliphatic heterocycles. The summed E-state index contributed by atoms with van der Waals surface area (Å²) in [5, 5.41) is 3.64. The summed E-state index contributed by atoms with van der Waals surface area (Å²) in [4.78, 5) is 37.7. The molecule has 0 aliphatic carbocycles. The summed E-state index contributed by atoms with van der Waals surface area (Å²) in [7, 11) is 0. The van der Waals surface area contributed by atoms with Crippen LogP contribution in [0.5, 0.6) is 11.5 Å². The Balaban J connectivity index is 1.44. The number of hydrogen-bond donors (Lipinski definition) is 2. The number of nitrogens with zero attached hydrogens (tertiary/aromatic N) is 6. The van der Waals surface area contributed by atoms with Gasteiger partial charge in [0.1, 0.15) is 34.1 Å². The number of rotatable bonds is 6. The van der Waals surface area contributed by atoms with Crippen LogP contribution in [0, 0.1) is 11.8 Å². The molecule has 7 aromatic rings. The first-order valence-electron chi connectivity index (χ1n) is 16.9. The topological polar surface area (TPSA) is 127 Å². The first kappa shape index (κ1) is 29.9. The van der Waals surface area contributed by atoms with Crippen LogP contribution in [-0.2, 0) is 0 Å². The van der Waals surface area contributed by atoms with Crippen molar-refractivity contribution in [3.8, 4) is 57.1 Å². The molecule has 2 N–H and O–H groups in total. The molecule has 0 saturated carbocycles. The van der Waals surface area contributed by atoms with Gasteiger partial charge in [0.25, 0.3) is 0 Å². The molecule has 0 fully saturated rings. The van der Waals surface area contributed by atoms with Crippen molar-refractivity contribution in [2.75, 3.05) is 13.2 Å². The first-order valence-corrected chi connectivity index (χ1v) is 16.9. The summed E-state index contributed by atoms with van der Waals surface area (Å²) in [5.74, 6) is 4.05. The van der Waals surface area contributed by atoms with Gasteiger partial charge in [-0.3, -0.25) is 0 Å². The number of H-pyrrole nitrogens is 2. The Morgan fingerprint density at radius 3 is 1.16 bits per heavy atom. The lowest BCUT2D eigenvalue weighted by molar-refractivity contribution is 0.266. The zero-order valence-electron chi connectivity index (χ0n) is 28.2. The summed E-state index contributed by atoms with van der Waals surface area (Å²) in [6, 6.07) is 28.0. The van der Waals surface area contributed by atoms with Crippen LogP contribution in [0.4, 0.5) is 0 Å². The highest BCUT2D eigenvalue weighted by molar-refractivity contribution is 6.06. The Morgan fingerprint density at radius 2 is 0.780 bits per heavy atom. The molecular formula is C40H34N8O2. The summed E-state index contributed by atoms with van der Waals surface area (Å²) in [5.41, 5.74) is 5.81. The molecule has 50 heavy (non-hydrogen) atoms. The SMILES string of the molecule is CC(C)COc1ccc(OCC(C)C)c2c1-c1nc-2nc2[nH]c(nc3nc(nc4[nH]c(n1)c1ccccc41)-c1ccccc1-3)c1ccccc21. The van der Waals surface area contributed by atoms with Crippen molar-refractivity contribution in [1.29, 1.82) is 0 Å². The highest BCUT2D eigenvalue weighted by Crippen LogP contribution is 2.47. The molecular weight excluding hydrogens is 624 g/mol. The molecule has 3 aromatic heterocycles. The summed E-state index contributed by atoms with van der Waals surface area (Å²) >= 11 is 0. The Kier molecular flexibility index (Phi) is 7.04. The molecule has 0 spiro atoms. The molecule has 5 heterocycles. The van der Waals surface area contributed by atoms with Crippen LogP contribution in [0.25, 0.3) is 89.7 Å². The average molecular weight is 659 g/mol. The van der Waals surface area contributed by atoms with Gasteiger partial charge in [0.05, 0.1) is 24.3 Å². The quantitative estimate of drug-likeness (QED) is 0.181. The van der Waals surface area contributed by atoms with Crippen LogP contribution in [-0.4, -0.2) is 53.1 Å². The Labute approximate surface area is 287 Å². The summed E-state index contributed by atoms with van der Waals surface area (Å²) in [6.45, 7) is 9.57. The van der Waals surface area contributed by atoms with Crippen molar-refractivity contribution in [3.63, 3.8) is 0 Å². The van der Waals surface area contributed by atoms with Gasteiger partial charge in [0.15, 0.2) is 23.3 Å². The van der Waals surface area contributed by atoms with Crippen LogP contribution < -0.4 is 9.47 Å². The van der Waals surface area contributed by atoms with E-state index < -0.39 is 0 Å². The minimum absolute atomic E-state index is 0.314. The van der Waals surface area contributed by atoms with Gasteiger partial charge in [-0.15, -0.1) is 0 Å². The maximum absolute atomic E-state index is 6.43. The fourth-order valence-corrected chi connectivity index (χ4v) is 6.46. The molecule has 10 heteroatoms. The van der Waals surface area contributed by atoms with Gasteiger partial charge in [-0.1, -0.05) is 100 Å². The molecule has 9 rings (SSSR count). The summed E-state index contributed by atoms with van der Waals surface area (Å²) < 4.78 is 12.9.